The molecule has 8 heteroatoms. The molecule has 1 heterocycles. The number of nitrogens with zero attached hydrogens (tertiary/aromatic N) is 1. The molecular formula is C9H12N4O2S2. The molecule has 0 aliphatic heterocycles. The first-order valence-corrected chi connectivity index (χ1v) is 6.11. The number of amides is 2. The lowest BCUT2D eigenvalue weighted by Crippen LogP contribution is -2.43. The minimum Gasteiger partial charge on any atom is -0.392 e. The van der Waals surface area contributed by atoms with Crippen LogP contribution < -0.4 is 16.4 Å². The number of nitrogens with two attached hydrogens (primary N) is 1. The lowest BCUT2D eigenvalue weighted by Gasteiger charge is -2.04. The Morgan fingerprint density at radius 1 is 1.41 bits per heavy atom. The minimum atomic E-state index is -0.739. The van der Waals surface area contributed by atoms with Crippen molar-refractivity contribution >= 4 is 40.4 Å². The van der Waals surface area contributed by atoms with Crippen LogP contribution in [0.4, 0.5) is 0 Å². The third-order valence-corrected chi connectivity index (χ3v) is 2.72. The Morgan fingerprint density at radius 3 is 2.71 bits per heavy atom. The first-order chi connectivity index (χ1) is 8.09. The van der Waals surface area contributed by atoms with Gasteiger partial charge in [-0.1, -0.05) is 12.2 Å². The molecule has 0 bridgehead atoms. The van der Waals surface area contributed by atoms with Gasteiger partial charge in [-0.2, -0.15) is 0 Å². The highest BCUT2D eigenvalue weighted by molar-refractivity contribution is 7.80. The predicted octanol–water partition coefficient (Wildman–Crippen LogP) is -0.796. The zero-order valence-corrected chi connectivity index (χ0v) is 10.6. The Balaban J connectivity index is 2.20. The van der Waals surface area contributed by atoms with Gasteiger partial charge in [0.1, 0.15) is 0 Å². The van der Waals surface area contributed by atoms with E-state index in [0.29, 0.717) is 13.0 Å². The second kappa shape index (κ2) is 6.92. The number of aromatic nitrogens is 1. The Kier molecular flexibility index (Phi) is 5.50. The lowest BCUT2D eigenvalue weighted by molar-refractivity contribution is -0.139. The maximum atomic E-state index is 11.3. The number of carbonyl (C=O) groups is 2. The Morgan fingerprint density at radius 2 is 2.12 bits per heavy atom. The fraction of sp³-hybridized carbons (Fsp3) is 0.333. The molecule has 0 saturated heterocycles. The number of rotatable bonds is 5. The van der Waals surface area contributed by atoms with E-state index in [-0.39, 0.29) is 11.5 Å². The van der Waals surface area contributed by atoms with Crippen molar-refractivity contribution in [2.24, 2.45) is 5.73 Å². The van der Waals surface area contributed by atoms with Crippen LogP contribution in [-0.2, 0) is 16.0 Å². The van der Waals surface area contributed by atoms with E-state index in [1.54, 1.807) is 6.20 Å². The van der Waals surface area contributed by atoms with Crippen LogP contribution in [0.5, 0.6) is 0 Å². The highest BCUT2D eigenvalue weighted by Gasteiger charge is 2.12. The average molecular weight is 272 g/mol. The molecule has 0 aromatic carbocycles. The monoisotopic (exact) mass is 272 g/mol. The van der Waals surface area contributed by atoms with Crippen LogP contribution in [0, 0.1) is 0 Å². The molecule has 1 aromatic rings. The first-order valence-electron chi connectivity index (χ1n) is 4.82. The van der Waals surface area contributed by atoms with Crippen molar-refractivity contribution in [3.63, 3.8) is 0 Å². The maximum Gasteiger partial charge on any atom is 0.309 e. The second-order valence-electron chi connectivity index (χ2n) is 3.08. The first kappa shape index (κ1) is 13.5. The van der Waals surface area contributed by atoms with Crippen LogP contribution in [0.15, 0.2) is 11.6 Å². The molecular weight excluding hydrogens is 260 g/mol. The highest BCUT2D eigenvalue weighted by Crippen LogP contribution is 2.03. The average Bonchev–Trinajstić information content (AvgIpc) is 2.78. The maximum absolute atomic E-state index is 11.3. The largest absolute Gasteiger partial charge is 0.392 e. The van der Waals surface area contributed by atoms with Crippen LogP contribution in [-0.4, -0.2) is 34.9 Å². The predicted molar refractivity (Wildman–Crippen MR) is 68.6 cm³/mol. The van der Waals surface area contributed by atoms with Crippen LogP contribution in [0.25, 0.3) is 0 Å². The molecule has 92 valence electrons. The Labute approximate surface area is 108 Å². The zero-order valence-electron chi connectivity index (χ0n) is 8.93. The van der Waals surface area contributed by atoms with E-state index in [0.717, 1.165) is 5.01 Å². The normalized spacial score (nSPS) is 9.65. The van der Waals surface area contributed by atoms with Crippen LogP contribution in [0.1, 0.15) is 5.01 Å². The summed E-state index contributed by atoms with van der Waals surface area (Å²) in [4.78, 5) is 26.6. The molecule has 0 aliphatic carbocycles. The molecule has 1 rings (SSSR count). The zero-order chi connectivity index (χ0) is 12.7. The van der Waals surface area contributed by atoms with Gasteiger partial charge in [0, 0.05) is 24.5 Å². The molecule has 0 saturated carbocycles. The molecule has 0 aliphatic rings. The molecule has 0 fully saturated rings. The highest BCUT2D eigenvalue weighted by atomic mass is 32.1. The minimum absolute atomic E-state index is 0.0219. The van der Waals surface area contributed by atoms with E-state index in [2.05, 4.69) is 27.8 Å². The van der Waals surface area contributed by atoms with Crippen molar-refractivity contribution in [3.8, 4) is 0 Å². The van der Waals surface area contributed by atoms with Gasteiger partial charge < -0.3 is 16.4 Å². The number of carbonyl (C=O) groups excluding carboxylic acids is 2. The van der Waals surface area contributed by atoms with E-state index >= 15 is 0 Å². The Hall–Kier alpha value is -1.54. The molecule has 0 unspecified atom stereocenters. The van der Waals surface area contributed by atoms with Crippen molar-refractivity contribution in [2.45, 2.75) is 6.42 Å². The van der Waals surface area contributed by atoms with Crippen molar-refractivity contribution in [2.75, 3.05) is 13.1 Å². The number of hydrogen-bond donors (Lipinski definition) is 3. The smallest absolute Gasteiger partial charge is 0.309 e. The molecule has 1 aromatic heterocycles. The summed E-state index contributed by atoms with van der Waals surface area (Å²) in [6.07, 6.45) is 2.29. The SMILES string of the molecule is NC(=S)CNC(=O)C(=O)NCCc1nccs1. The van der Waals surface area contributed by atoms with E-state index in [1.807, 2.05) is 5.38 Å². The Bertz CT molecular complexity index is 405. The van der Waals surface area contributed by atoms with Gasteiger partial charge in [-0.05, 0) is 0 Å². The molecule has 4 N–H and O–H groups in total. The summed E-state index contributed by atoms with van der Waals surface area (Å²) in [6, 6.07) is 0. The summed E-state index contributed by atoms with van der Waals surface area (Å²) in [5.74, 6) is -1.44. The van der Waals surface area contributed by atoms with Gasteiger partial charge in [0.05, 0.1) is 16.5 Å². The van der Waals surface area contributed by atoms with E-state index in [9.17, 15) is 9.59 Å². The third kappa shape index (κ3) is 5.36. The summed E-state index contributed by atoms with van der Waals surface area (Å²) in [5.41, 5.74) is 5.18. The summed E-state index contributed by atoms with van der Waals surface area (Å²) < 4.78 is 0. The van der Waals surface area contributed by atoms with Crippen LogP contribution in [0.2, 0.25) is 0 Å². The van der Waals surface area contributed by atoms with Gasteiger partial charge in [0.15, 0.2) is 0 Å². The van der Waals surface area contributed by atoms with E-state index in [4.69, 9.17) is 5.73 Å². The third-order valence-electron chi connectivity index (χ3n) is 1.74. The second-order valence-corrected chi connectivity index (χ2v) is 4.58. The molecule has 6 nitrogen and oxygen atoms in total. The van der Waals surface area contributed by atoms with Crippen molar-refractivity contribution < 1.29 is 9.59 Å². The summed E-state index contributed by atoms with van der Waals surface area (Å²) in [6.45, 7) is 0.390. The quantitative estimate of drug-likeness (QED) is 0.482. The fourth-order valence-electron chi connectivity index (χ4n) is 0.987. The van der Waals surface area contributed by atoms with Crippen LogP contribution in [0.3, 0.4) is 0 Å². The summed E-state index contributed by atoms with van der Waals surface area (Å²) in [5, 5.41) is 7.54. The van der Waals surface area contributed by atoms with Crippen molar-refractivity contribution in [3.05, 3.63) is 16.6 Å². The molecule has 0 atom stereocenters. The standard InChI is InChI=1S/C9H12N4O2S2/c10-6(16)5-13-9(15)8(14)12-2-1-7-11-3-4-17-7/h3-4H,1-2,5H2,(H2,10,16)(H,12,14)(H,13,15). The van der Waals surface area contributed by atoms with Gasteiger partial charge in [0.2, 0.25) is 0 Å². The van der Waals surface area contributed by atoms with Gasteiger partial charge in [0.25, 0.3) is 0 Å². The van der Waals surface area contributed by atoms with Gasteiger partial charge in [-0.3, -0.25) is 9.59 Å². The number of thiocarbonyl (C=S) groups is 1. The number of hydrogen-bond acceptors (Lipinski definition) is 5. The molecule has 0 spiro atoms. The van der Waals surface area contributed by atoms with Gasteiger partial charge in [-0.25, -0.2) is 4.98 Å². The van der Waals surface area contributed by atoms with Crippen LogP contribution >= 0.6 is 23.6 Å². The fourth-order valence-corrected chi connectivity index (χ4v) is 1.68. The van der Waals surface area contributed by atoms with E-state index in [1.165, 1.54) is 11.3 Å². The summed E-state index contributed by atoms with van der Waals surface area (Å²) >= 11 is 6.07. The molecule has 17 heavy (non-hydrogen) atoms. The topological polar surface area (TPSA) is 97.1 Å². The van der Waals surface area contributed by atoms with E-state index < -0.39 is 11.8 Å². The number of thiazole rings is 1. The molecule has 0 radical (unpaired) electrons. The summed E-state index contributed by atoms with van der Waals surface area (Å²) in [7, 11) is 0. The van der Waals surface area contributed by atoms with Crippen molar-refractivity contribution in [1.29, 1.82) is 0 Å². The molecule has 2 amide bonds. The van der Waals surface area contributed by atoms with Crippen molar-refractivity contribution in [1.82, 2.24) is 15.6 Å². The number of nitrogens with one attached hydrogen (secondary N) is 2. The van der Waals surface area contributed by atoms with Gasteiger partial charge >= 0.3 is 11.8 Å². The van der Waals surface area contributed by atoms with Gasteiger partial charge in [-0.15, -0.1) is 11.3 Å². The lowest BCUT2D eigenvalue weighted by atomic mass is 10.4.